The molecule has 8 heteroatoms. The van der Waals surface area contributed by atoms with Crippen LogP contribution >= 0.6 is 15.9 Å². The molecule has 2 unspecified atom stereocenters. The summed E-state index contributed by atoms with van der Waals surface area (Å²) >= 11 is 3.39. The van der Waals surface area contributed by atoms with Crippen molar-refractivity contribution in [3.8, 4) is 11.8 Å². The number of ether oxygens (including phenoxy) is 1. The number of nitrogens with one attached hydrogen (secondary N) is 1. The zero-order valence-electron chi connectivity index (χ0n) is 14.7. The molecule has 2 rings (SSSR count). The Bertz CT molecular complexity index is 865. The van der Waals surface area contributed by atoms with E-state index in [1.54, 1.807) is 12.3 Å². The first kappa shape index (κ1) is 19.7. The van der Waals surface area contributed by atoms with Crippen molar-refractivity contribution in [2.45, 2.75) is 31.9 Å². The smallest absolute Gasteiger partial charge is 0.262 e. The number of benzene rings is 1. The normalized spacial score (nSPS) is 14.4. The first-order valence-corrected chi connectivity index (χ1v) is 8.73. The summed E-state index contributed by atoms with van der Waals surface area (Å²) in [7, 11) is 1.36. The van der Waals surface area contributed by atoms with Gasteiger partial charge in [0.2, 0.25) is 0 Å². The minimum absolute atomic E-state index is 0.411. The van der Waals surface area contributed by atoms with Gasteiger partial charge in [-0.15, -0.1) is 0 Å². The number of halogens is 1. The van der Waals surface area contributed by atoms with Crippen LogP contribution in [0.25, 0.3) is 10.9 Å². The molecule has 0 saturated heterocycles. The molecule has 0 bridgehead atoms. The van der Waals surface area contributed by atoms with Crippen LogP contribution < -0.4 is 10.1 Å². The molecule has 0 radical (unpaired) electrons. The van der Waals surface area contributed by atoms with E-state index in [0.717, 1.165) is 15.4 Å². The molecule has 0 spiro atoms. The summed E-state index contributed by atoms with van der Waals surface area (Å²) < 4.78 is 6.68. The van der Waals surface area contributed by atoms with Crippen LogP contribution in [0.4, 0.5) is 0 Å². The van der Waals surface area contributed by atoms with Crippen LogP contribution in [-0.2, 0) is 9.63 Å². The van der Waals surface area contributed by atoms with Crippen molar-refractivity contribution in [3.05, 3.63) is 34.9 Å². The summed E-state index contributed by atoms with van der Waals surface area (Å²) in [5, 5.41) is 16.4. The molecule has 136 valence electrons. The lowest BCUT2D eigenvalue weighted by Gasteiger charge is -2.23. The molecule has 1 aromatic heterocycles. The number of rotatable bonds is 7. The van der Waals surface area contributed by atoms with Gasteiger partial charge in [0.15, 0.2) is 11.6 Å². The molecule has 1 heterocycles. The Morgan fingerprint density at radius 3 is 2.96 bits per heavy atom. The molecule has 0 saturated carbocycles. The first-order chi connectivity index (χ1) is 12.4. The van der Waals surface area contributed by atoms with Gasteiger partial charge in [0.25, 0.3) is 5.91 Å². The van der Waals surface area contributed by atoms with Crippen molar-refractivity contribution in [1.29, 1.82) is 5.26 Å². The molecule has 0 aliphatic heterocycles. The van der Waals surface area contributed by atoms with Gasteiger partial charge in [0, 0.05) is 16.1 Å². The number of fused-ring (bicyclic) bond motifs is 1. The summed E-state index contributed by atoms with van der Waals surface area (Å²) in [4.78, 5) is 21.4. The van der Waals surface area contributed by atoms with E-state index >= 15 is 0 Å². The Morgan fingerprint density at radius 1 is 1.54 bits per heavy atom. The predicted octanol–water partition coefficient (Wildman–Crippen LogP) is 3.19. The topological polar surface area (TPSA) is 96.6 Å². The van der Waals surface area contributed by atoms with E-state index in [4.69, 9.17) is 4.74 Å². The maximum absolute atomic E-state index is 12.5. The average Bonchev–Trinajstić information content (AvgIpc) is 2.63. The molecule has 2 aromatic rings. The minimum Gasteiger partial charge on any atom is -0.481 e. The molecular weight excluding hydrogens is 400 g/mol. The number of carbonyl (C=O) groups is 1. The summed E-state index contributed by atoms with van der Waals surface area (Å²) in [5.41, 5.74) is -0.465. The molecule has 1 N–H and O–H groups in total. The molecule has 7 nitrogen and oxygen atoms in total. The molecule has 26 heavy (non-hydrogen) atoms. The van der Waals surface area contributed by atoms with Crippen LogP contribution in [0.3, 0.4) is 0 Å². The molecule has 1 aromatic carbocycles. The van der Waals surface area contributed by atoms with Crippen LogP contribution in [0.1, 0.15) is 20.3 Å². The molecule has 2 atom stereocenters. The average molecular weight is 419 g/mol. The van der Waals surface area contributed by atoms with Gasteiger partial charge in [0.1, 0.15) is 12.9 Å². The standard InChI is InChI=1S/C18H19BrN4O3/c1-4-16(17(24)23-18(2,10-20)11-22-25-3)26-14-5-6-15-12(8-14)7-13(19)9-21-15/h5-9,11,16H,4H2,1-3H3,(H,23,24)/b22-11+. The molecule has 0 aliphatic carbocycles. The van der Waals surface area contributed by atoms with E-state index in [1.165, 1.54) is 20.2 Å². The van der Waals surface area contributed by atoms with Crippen molar-refractivity contribution in [2.24, 2.45) is 5.16 Å². The van der Waals surface area contributed by atoms with Crippen LogP contribution in [0.5, 0.6) is 5.75 Å². The minimum atomic E-state index is -1.29. The second kappa shape index (κ2) is 8.63. The highest BCUT2D eigenvalue weighted by atomic mass is 79.9. The van der Waals surface area contributed by atoms with E-state index in [0.29, 0.717) is 12.2 Å². The monoisotopic (exact) mass is 418 g/mol. The Morgan fingerprint density at radius 2 is 2.31 bits per heavy atom. The van der Waals surface area contributed by atoms with E-state index in [1.807, 2.05) is 31.2 Å². The fourth-order valence-corrected chi connectivity index (χ4v) is 2.58. The van der Waals surface area contributed by atoms with Gasteiger partial charge in [0.05, 0.1) is 17.8 Å². The Balaban J connectivity index is 2.16. The molecule has 1 amide bonds. The lowest BCUT2D eigenvalue weighted by molar-refractivity contribution is -0.128. The zero-order valence-corrected chi connectivity index (χ0v) is 16.3. The van der Waals surface area contributed by atoms with E-state index in [-0.39, 0.29) is 0 Å². The highest BCUT2D eigenvalue weighted by molar-refractivity contribution is 9.10. The quantitative estimate of drug-likeness (QED) is 0.549. The summed E-state index contributed by atoms with van der Waals surface area (Å²) in [5.74, 6) is 0.134. The van der Waals surface area contributed by atoms with Crippen LogP contribution in [0.2, 0.25) is 0 Å². The van der Waals surface area contributed by atoms with Gasteiger partial charge < -0.3 is 14.9 Å². The lowest BCUT2D eigenvalue weighted by atomic mass is 10.1. The van der Waals surface area contributed by atoms with E-state index < -0.39 is 17.6 Å². The van der Waals surface area contributed by atoms with E-state index in [2.05, 4.69) is 36.2 Å². The molecular formula is C18H19BrN4O3. The Kier molecular flexibility index (Phi) is 6.52. The number of nitriles is 1. The zero-order chi connectivity index (χ0) is 19.2. The van der Waals surface area contributed by atoms with Gasteiger partial charge in [-0.1, -0.05) is 12.1 Å². The fraction of sp³-hybridized carbons (Fsp3) is 0.333. The second-order valence-electron chi connectivity index (χ2n) is 5.74. The van der Waals surface area contributed by atoms with Crippen molar-refractivity contribution in [2.75, 3.05) is 7.11 Å². The van der Waals surface area contributed by atoms with Crippen molar-refractivity contribution in [1.82, 2.24) is 10.3 Å². The third-order valence-corrected chi connectivity index (χ3v) is 4.03. The van der Waals surface area contributed by atoms with Crippen LogP contribution in [-0.4, -0.2) is 35.9 Å². The first-order valence-electron chi connectivity index (χ1n) is 7.93. The third kappa shape index (κ3) is 4.92. The number of pyridine rings is 1. The van der Waals surface area contributed by atoms with E-state index in [9.17, 15) is 10.1 Å². The summed E-state index contributed by atoms with van der Waals surface area (Å²) in [6.45, 7) is 3.36. The third-order valence-electron chi connectivity index (χ3n) is 3.59. The highest BCUT2D eigenvalue weighted by Gasteiger charge is 2.29. The van der Waals surface area contributed by atoms with Crippen molar-refractivity contribution < 1.29 is 14.4 Å². The van der Waals surface area contributed by atoms with Gasteiger partial charge >= 0.3 is 0 Å². The summed E-state index contributed by atoms with van der Waals surface area (Å²) in [6.07, 6.45) is 2.63. The number of aromatic nitrogens is 1. The van der Waals surface area contributed by atoms with Crippen LogP contribution in [0, 0.1) is 11.3 Å². The van der Waals surface area contributed by atoms with Crippen LogP contribution in [0.15, 0.2) is 40.1 Å². The lowest BCUT2D eigenvalue weighted by Crippen LogP contribution is -2.51. The SMILES string of the molecule is CCC(Oc1ccc2ncc(Br)cc2c1)C(=O)NC(C)(C#N)/C=N/OC. The van der Waals surface area contributed by atoms with Crippen molar-refractivity contribution in [3.63, 3.8) is 0 Å². The van der Waals surface area contributed by atoms with Gasteiger partial charge in [-0.2, -0.15) is 5.26 Å². The van der Waals surface area contributed by atoms with Crippen molar-refractivity contribution >= 4 is 39.0 Å². The van der Waals surface area contributed by atoms with Gasteiger partial charge in [-0.3, -0.25) is 9.78 Å². The second-order valence-corrected chi connectivity index (χ2v) is 6.66. The number of hydrogen-bond donors (Lipinski definition) is 1. The number of hydrogen-bond acceptors (Lipinski definition) is 6. The predicted molar refractivity (Wildman–Crippen MR) is 102 cm³/mol. The summed E-state index contributed by atoms with van der Waals surface area (Å²) in [6, 6.07) is 9.31. The van der Waals surface area contributed by atoms with Gasteiger partial charge in [-0.25, -0.2) is 0 Å². The van der Waals surface area contributed by atoms with Gasteiger partial charge in [-0.05, 0) is 53.5 Å². The molecule has 0 fully saturated rings. The maximum atomic E-state index is 12.5. The number of oxime groups is 1. The Labute approximate surface area is 160 Å². The maximum Gasteiger partial charge on any atom is 0.262 e. The largest absolute Gasteiger partial charge is 0.481 e. The molecule has 0 aliphatic rings. The highest BCUT2D eigenvalue weighted by Crippen LogP contribution is 2.23. The number of nitrogens with zero attached hydrogens (tertiary/aromatic N) is 3. The Hall–Kier alpha value is -2.66. The number of carbonyl (C=O) groups excluding carboxylic acids is 1. The fourth-order valence-electron chi connectivity index (χ4n) is 2.23. The number of amides is 1.